The standard InChI is InChI=1S/C15H15N5OS/c1-10(2)13-9-22-15(16-13)17-14(21)12-8-20(19-18-12)11-6-4-3-5-7-11/h3-10H,1-2H3,(H,16,17,21). The number of amides is 1. The molecule has 0 saturated heterocycles. The van der Waals surface area contributed by atoms with Crippen LogP contribution in [0.5, 0.6) is 0 Å². The van der Waals surface area contributed by atoms with Gasteiger partial charge in [-0.2, -0.15) is 0 Å². The van der Waals surface area contributed by atoms with Crippen molar-refractivity contribution in [1.29, 1.82) is 0 Å². The Hall–Kier alpha value is -2.54. The van der Waals surface area contributed by atoms with Crippen LogP contribution in [0, 0.1) is 0 Å². The zero-order chi connectivity index (χ0) is 15.5. The summed E-state index contributed by atoms with van der Waals surface area (Å²) in [7, 11) is 0. The summed E-state index contributed by atoms with van der Waals surface area (Å²) >= 11 is 1.41. The van der Waals surface area contributed by atoms with Crippen molar-refractivity contribution in [3.8, 4) is 5.69 Å². The maximum Gasteiger partial charge on any atom is 0.279 e. The van der Waals surface area contributed by atoms with Crippen molar-refractivity contribution in [2.24, 2.45) is 0 Å². The molecule has 3 aromatic rings. The molecule has 0 radical (unpaired) electrons. The first-order chi connectivity index (χ1) is 10.6. The number of rotatable bonds is 4. The average Bonchev–Trinajstić information content (AvgIpc) is 3.17. The molecule has 112 valence electrons. The second-order valence-electron chi connectivity index (χ2n) is 5.07. The molecule has 0 atom stereocenters. The largest absolute Gasteiger partial charge is 0.296 e. The zero-order valence-electron chi connectivity index (χ0n) is 12.2. The van der Waals surface area contributed by atoms with Crippen LogP contribution in [-0.2, 0) is 0 Å². The molecule has 0 aliphatic heterocycles. The summed E-state index contributed by atoms with van der Waals surface area (Å²) in [5, 5.41) is 13.1. The van der Waals surface area contributed by atoms with Gasteiger partial charge in [0.2, 0.25) is 0 Å². The summed E-state index contributed by atoms with van der Waals surface area (Å²) in [5.74, 6) is 0.0210. The number of nitrogens with zero attached hydrogens (tertiary/aromatic N) is 4. The molecule has 3 rings (SSSR count). The van der Waals surface area contributed by atoms with E-state index in [0.717, 1.165) is 11.4 Å². The molecular formula is C15H15N5OS. The van der Waals surface area contributed by atoms with Crippen molar-refractivity contribution < 1.29 is 4.79 Å². The van der Waals surface area contributed by atoms with Crippen LogP contribution in [-0.4, -0.2) is 25.9 Å². The van der Waals surface area contributed by atoms with E-state index in [1.54, 1.807) is 10.9 Å². The lowest BCUT2D eigenvalue weighted by molar-refractivity contribution is 0.102. The monoisotopic (exact) mass is 313 g/mol. The van der Waals surface area contributed by atoms with E-state index in [2.05, 4.69) is 34.5 Å². The number of para-hydroxylation sites is 1. The van der Waals surface area contributed by atoms with Crippen LogP contribution < -0.4 is 5.32 Å². The van der Waals surface area contributed by atoms with Gasteiger partial charge in [-0.1, -0.05) is 37.3 Å². The molecule has 22 heavy (non-hydrogen) atoms. The molecule has 1 N–H and O–H groups in total. The molecule has 2 aromatic heterocycles. The molecule has 1 amide bonds. The van der Waals surface area contributed by atoms with Gasteiger partial charge in [-0.3, -0.25) is 10.1 Å². The first kappa shape index (κ1) is 14.4. The topological polar surface area (TPSA) is 72.7 Å². The normalized spacial score (nSPS) is 10.9. The minimum Gasteiger partial charge on any atom is -0.296 e. The van der Waals surface area contributed by atoms with Gasteiger partial charge in [0.1, 0.15) is 0 Å². The van der Waals surface area contributed by atoms with Crippen LogP contribution in [0.1, 0.15) is 35.9 Å². The second-order valence-corrected chi connectivity index (χ2v) is 5.93. The van der Waals surface area contributed by atoms with Gasteiger partial charge in [0.25, 0.3) is 5.91 Å². The third-order valence-electron chi connectivity index (χ3n) is 3.08. The molecule has 0 spiro atoms. The predicted octanol–water partition coefficient (Wildman–Crippen LogP) is 3.10. The predicted molar refractivity (Wildman–Crippen MR) is 85.5 cm³/mol. The van der Waals surface area contributed by atoms with E-state index in [1.807, 2.05) is 35.7 Å². The van der Waals surface area contributed by atoms with E-state index in [4.69, 9.17) is 0 Å². The van der Waals surface area contributed by atoms with E-state index in [-0.39, 0.29) is 11.6 Å². The summed E-state index contributed by atoms with van der Waals surface area (Å²) in [6.45, 7) is 4.12. The van der Waals surface area contributed by atoms with Crippen LogP contribution in [0.4, 0.5) is 5.13 Å². The van der Waals surface area contributed by atoms with E-state index in [0.29, 0.717) is 11.0 Å². The van der Waals surface area contributed by atoms with Gasteiger partial charge in [-0.25, -0.2) is 9.67 Å². The summed E-state index contributed by atoms with van der Waals surface area (Å²) in [6, 6.07) is 9.51. The highest BCUT2D eigenvalue weighted by atomic mass is 32.1. The van der Waals surface area contributed by atoms with Gasteiger partial charge < -0.3 is 0 Å². The molecule has 2 heterocycles. The fourth-order valence-electron chi connectivity index (χ4n) is 1.84. The molecule has 0 aliphatic carbocycles. The minimum atomic E-state index is -0.313. The number of hydrogen-bond acceptors (Lipinski definition) is 5. The SMILES string of the molecule is CC(C)c1csc(NC(=O)c2cn(-c3ccccc3)nn2)n1. The lowest BCUT2D eigenvalue weighted by Gasteiger charge is -1.99. The maximum absolute atomic E-state index is 12.2. The highest BCUT2D eigenvalue weighted by molar-refractivity contribution is 7.14. The van der Waals surface area contributed by atoms with E-state index >= 15 is 0 Å². The van der Waals surface area contributed by atoms with Gasteiger partial charge in [0, 0.05) is 5.38 Å². The molecule has 7 heteroatoms. The summed E-state index contributed by atoms with van der Waals surface area (Å²) in [4.78, 5) is 16.5. The van der Waals surface area contributed by atoms with Crippen LogP contribution in [0.15, 0.2) is 41.9 Å². The first-order valence-electron chi connectivity index (χ1n) is 6.88. The van der Waals surface area contributed by atoms with Gasteiger partial charge in [-0.15, -0.1) is 16.4 Å². The number of anilines is 1. The van der Waals surface area contributed by atoms with E-state index in [1.165, 1.54) is 11.3 Å². The number of carbonyl (C=O) groups is 1. The number of nitrogens with one attached hydrogen (secondary N) is 1. The first-order valence-corrected chi connectivity index (χ1v) is 7.76. The van der Waals surface area contributed by atoms with Crippen LogP contribution in [0.3, 0.4) is 0 Å². The number of thiazole rings is 1. The minimum absolute atomic E-state index is 0.255. The Bertz CT molecular complexity index is 778. The number of carbonyl (C=O) groups excluding carboxylic acids is 1. The Kier molecular flexibility index (Phi) is 3.97. The molecule has 0 unspecified atom stereocenters. The van der Waals surface area contributed by atoms with Crippen molar-refractivity contribution in [2.45, 2.75) is 19.8 Å². The van der Waals surface area contributed by atoms with Crippen LogP contribution in [0.2, 0.25) is 0 Å². The lowest BCUT2D eigenvalue weighted by Crippen LogP contribution is -2.12. The maximum atomic E-state index is 12.2. The van der Waals surface area contributed by atoms with Gasteiger partial charge in [0.05, 0.1) is 17.6 Å². The van der Waals surface area contributed by atoms with Crippen LogP contribution in [0.25, 0.3) is 5.69 Å². The fourth-order valence-corrected chi connectivity index (χ4v) is 2.71. The average molecular weight is 313 g/mol. The molecular weight excluding hydrogens is 298 g/mol. The molecule has 0 aliphatic rings. The Labute approximate surface area is 131 Å². The Morgan fingerprint density at radius 3 is 2.73 bits per heavy atom. The molecule has 6 nitrogen and oxygen atoms in total. The smallest absolute Gasteiger partial charge is 0.279 e. The number of benzene rings is 1. The Morgan fingerprint density at radius 1 is 1.27 bits per heavy atom. The Balaban J connectivity index is 1.74. The molecule has 0 saturated carbocycles. The van der Waals surface area contributed by atoms with Crippen molar-refractivity contribution in [1.82, 2.24) is 20.0 Å². The molecule has 1 aromatic carbocycles. The third-order valence-corrected chi connectivity index (χ3v) is 3.86. The Morgan fingerprint density at radius 2 is 2.05 bits per heavy atom. The van der Waals surface area contributed by atoms with Gasteiger partial charge in [0.15, 0.2) is 10.8 Å². The fraction of sp³-hybridized carbons (Fsp3) is 0.200. The summed E-state index contributed by atoms with van der Waals surface area (Å²) in [6.07, 6.45) is 1.60. The third kappa shape index (κ3) is 3.04. The number of hydrogen-bond donors (Lipinski definition) is 1. The highest BCUT2D eigenvalue weighted by Gasteiger charge is 2.14. The quantitative estimate of drug-likeness (QED) is 0.803. The van der Waals surface area contributed by atoms with E-state index < -0.39 is 0 Å². The van der Waals surface area contributed by atoms with Gasteiger partial charge >= 0.3 is 0 Å². The van der Waals surface area contributed by atoms with Crippen molar-refractivity contribution in [3.05, 3.63) is 53.3 Å². The summed E-state index contributed by atoms with van der Waals surface area (Å²) in [5.41, 5.74) is 2.07. The molecule has 0 fully saturated rings. The lowest BCUT2D eigenvalue weighted by atomic mass is 10.2. The number of aromatic nitrogens is 4. The van der Waals surface area contributed by atoms with Crippen molar-refractivity contribution in [3.63, 3.8) is 0 Å². The second kappa shape index (κ2) is 6.07. The highest BCUT2D eigenvalue weighted by Crippen LogP contribution is 2.21. The van der Waals surface area contributed by atoms with E-state index in [9.17, 15) is 4.79 Å². The van der Waals surface area contributed by atoms with Crippen molar-refractivity contribution >= 4 is 22.4 Å². The molecule has 0 bridgehead atoms. The summed E-state index contributed by atoms with van der Waals surface area (Å²) < 4.78 is 1.57. The van der Waals surface area contributed by atoms with Crippen LogP contribution >= 0.6 is 11.3 Å². The van der Waals surface area contributed by atoms with Gasteiger partial charge in [-0.05, 0) is 18.1 Å². The zero-order valence-corrected chi connectivity index (χ0v) is 13.0. The van der Waals surface area contributed by atoms with Crippen molar-refractivity contribution in [2.75, 3.05) is 5.32 Å².